The molecule has 2 aromatic carbocycles. The fourth-order valence-electron chi connectivity index (χ4n) is 3.01. The van der Waals surface area contributed by atoms with Crippen molar-refractivity contribution in [2.24, 2.45) is 5.10 Å². The summed E-state index contributed by atoms with van der Waals surface area (Å²) >= 11 is 0. The van der Waals surface area contributed by atoms with Crippen LogP contribution in [0.2, 0.25) is 0 Å². The highest BCUT2D eigenvalue weighted by molar-refractivity contribution is 6.37. The summed E-state index contributed by atoms with van der Waals surface area (Å²) in [5.41, 5.74) is 4.13. The first-order chi connectivity index (χ1) is 13.6. The maximum atomic E-state index is 14.0. The zero-order chi connectivity index (χ0) is 19.5. The highest BCUT2D eigenvalue weighted by atomic mass is 19.1. The van der Waals surface area contributed by atoms with E-state index in [0.717, 1.165) is 5.56 Å². The average molecular weight is 384 g/mol. The van der Waals surface area contributed by atoms with E-state index in [1.54, 1.807) is 0 Å². The second-order valence-corrected chi connectivity index (χ2v) is 6.39. The molecule has 144 valence electrons. The minimum Gasteiger partial charge on any atom is -0.460 e. The van der Waals surface area contributed by atoms with E-state index in [1.165, 1.54) is 12.1 Å². The number of amides is 1. The molecule has 7 nitrogen and oxygen atoms in total. The molecule has 0 aliphatic carbocycles. The van der Waals surface area contributed by atoms with Crippen molar-refractivity contribution in [1.82, 2.24) is 5.43 Å². The van der Waals surface area contributed by atoms with Crippen molar-refractivity contribution >= 4 is 17.6 Å². The van der Waals surface area contributed by atoms with Crippen LogP contribution in [0.3, 0.4) is 0 Å². The Bertz CT molecular complexity index is 945. The molecule has 2 aliphatic rings. The molecular weight excluding hydrogens is 367 g/mol. The van der Waals surface area contributed by atoms with Crippen LogP contribution in [0.15, 0.2) is 47.6 Å². The van der Waals surface area contributed by atoms with Crippen LogP contribution in [0, 0.1) is 5.82 Å². The van der Waals surface area contributed by atoms with Gasteiger partial charge in [0.05, 0.1) is 6.61 Å². The lowest BCUT2D eigenvalue weighted by atomic mass is 10.1. The number of carbonyl (C=O) groups is 2. The quantitative estimate of drug-likeness (QED) is 0.820. The summed E-state index contributed by atoms with van der Waals surface area (Å²) in [6.45, 7) is -0.0141. The third-order valence-electron chi connectivity index (χ3n) is 4.39. The number of rotatable bonds is 4. The van der Waals surface area contributed by atoms with E-state index >= 15 is 0 Å². The molecule has 2 aromatic rings. The first kappa shape index (κ1) is 18.1. The number of hydrogen-bond acceptors (Lipinski definition) is 6. The van der Waals surface area contributed by atoms with Crippen LogP contribution in [0.1, 0.15) is 35.8 Å². The highest BCUT2D eigenvalue weighted by Gasteiger charge is 2.26. The highest BCUT2D eigenvalue weighted by Crippen LogP contribution is 2.36. The Morgan fingerprint density at radius 1 is 1.25 bits per heavy atom. The lowest BCUT2D eigenvalue weighted by molar-refractivity contribution is -0.137. The van der Waals surface area contributed by atoms with Gasteiger partial charge in [-0.05, 0) is 12.1 Å². The van der Waals surface area contributed by atoms with Crippen LogP contribution in [0.4, 0.5) is 4.39 Å². The van der Waals surface area contributed by atoms with Gasteiger partial charge in [-0.15, -0.1) is 0 Å². The van der Waals surface area contributed by atoms with Crippen molar-refractivity contribution in [2.75, 3.05) is 0 Å². The SMILES string of the molecule is O=C1CCC(C(=O)OCc2cc(F)cc3c2O[C@@H](c2ccccc2)OC3)=NN1. The summed E-state index contributed by atoms with van der Waals surface area (Å²) in [5, 5.41) is 3.70. The normalized spacial score (nSPS) is 18.4. The fourth-order valence-corrected chi connectivity index (χ4v) is 3.01. The molecule has 0 saturated carbocycles. The van der Waals surface area contributed by atoms with Crippen molar-refractivity contribution in [3.8, 4) is 5.75 Å². The zero-order valence-electron chi connectivity index (χ0n) is 14.8. The minimum atomic E-state index is -0.662. The minimum absolute atomic E-state index is 0.122. The van der Waals surface area contributed by atoms with Crippen molar-refractivity contribution < 1.29 is 28.2 Å². The average Bonchev–Trinajstić information content (AvgIpc) is 2.72. The van der Waals surface area contributed by atoms with E-state index in [-0.39, 0.29) is 37.7 Å². The van der Waals surface area contributed by atoms with E-state index in [0.29, 0.717) is 16.9 Å². The lowest BCUT2D eigenvalue weighted by Crippen LogP contribution is -2.30. The smallest absolute Gasteiger partial charge is 0.354 e. The summed E-state index contributed by atoms with van der Waals surface area (Å²) in [4.78, 5) is 23.3. The third kappa shape index (κ3) is 3.86. The van der Waals surface area contributed by atoms with Crippen LogP contribution < -0.4 is 10.2 Å². The van der Waals surface area contributed by atoms with Gasteiger partial charge in [0.15, 0.2) is 0 Å². The molecule has 28 heavy (non-hydrogen) atoms. The van der Waals surface area contributed by atoms with Crippen molar-refractivity contribution in [2.45, 2.75) is 32.3 Å². The van der Waals surface area contributed by atoms with Crippen LogP contribution >= 0.6 is 0 Å². The Hall–Kier alpha value is -3.26. The maximum absolute atomic E-state index is 14.0. The van der Waals surface area contributed by atoms with Gasteiger partial charge in [-0.1, -0.05) is 30.3 Å². The Kier molecular flexibility index (Phi) is 5.03. The Balaban J connectivity index is 1.51. The number of nitrogens with one attached hydrogen (secondary N) is 1. The van der Waals surface area contributed by atoms with Crippen molar-refractivity contribution in [3.63, 3.8) is 0 Å². The summed E-state index contributed by atoms with van der Waals surface area (Å²) < 4.78 is 30.8. The Morgan fingerprint density at radius 3 is 2.82 bits per heavy atom. The van der Waals surface area contributed by atoms with Gasteiger partial charge in [0.2, 0.25) is 12.2 Å². The molecule has 0 unspecified atom stereocenters. The van der Waals surface area contributed by atoms with Crippen molar-refractivity contribution in [3.05, 3.63) is 65.0 Å². The summed E-state index contributed by atoms with van der Waals surface area (Å²) in [6, 6.07) is 12.0. The molecule has 0 fully saturated rings. The third-order valence-corrected chi connectivity index (χ3v) is 4.39. The molecule has 1 N–H and O–H groups in total. The van der Waals surface area contributed by atoms with Crippen molar-refractivity contribution in [1.29, 1.82) is 0 Å². The van der Waals surface area contributed by atoms with Gasteiger partial charge in [-0.25, -0.2) is 14.6 Å². The van der Waals surface area contributed by atoms with Gasteiger partial charge in [-0.3, -0.25) is 4.79 Å². The summed E-state index contributed by atoms with van der Waals surface area (Å²) in [6.07, 6.45) is -0.263. The molecule has 0 radical (unpaired) electrons. The molecule has 4 rings (SSSR count). The molecule has 0 aromatic heterocycles. The van der Waals surface area contributed by atoms with Crippen LogP contribution in [0.5, 0.6) is 5.75 Å². The standard InChI is InChI=1S/C20H17FN2O5/c21-15-8-13(10-26-19(25)16-6-7-17(24)23-22-16)18-14(9-15)11-27-20(28-18)12-4-2-1-3-5-12/h1-5,8-9,20H,6-7,10-11H2,(H,23,24)/t20-/m0/s1. The van der Waals surface area contributed by atoms with E-state index in [4.69, 9.17) is 14.2 Å². The topological polar surface area (TPSA) is 86.2 Å². The molecular formula is C20H17FN2O5. The first-order valence-electron chi connectivity index (χ1n) is 8.77. The Morgan fingerprint density at radius 2 is 2.07 bits per heavy atom. The number of nitrogens with zero attached hydrogens (tertiary/aromatic N) is 1. The van der Waals surface area contributed by atoms with E-state index in [2.05, 4.69) is 10.5 Å². The molecule has 8 heteroatoms. The number of esters is 1. The van der Waals surface area contributed by atoms with Gasteiger partial charge >= 0.3 is 5.97 Å². The molecule has 2 heterocycles. The monoisotopic (exact) mass is 384 g/mol. The van der Waals surface area contributed by atoms with Crippen LogP contribution in [-0.4, -0.2) is 17.6 Å². The van der Waals surface area contributed by atoms with Crippen LogP contribution in [0.25, 0.3) is 0 Å². The predicted molar refractivity (Wildman–Crippen MR) is 95.6 cm³/mol. The van der Waals surface area contributed by atoms with Crippen LogP contribution in [-0.2, 0) is 32.3 Å². The van der Waals surface area contributed by atoms with E-state index in [9.17, 15) is 14.0 Å². The molecule has 1 atom stereocenters. The second kappa shape index (κ2) is 7.77. The molecule has 0 saturated heterocycles. The molecule has 1 amide bonds. The number of halogens is 1. The van der Waals surface area contributed by atoms with Gasteiger partial charge in [0.25, 0.3) is 0 Å². The van der Waals surface area contributed by atoms with E-state index < -0.39 is 18.1 Å². The number of hydrazone groups is 1. The van der Waals surface area contributed by atoms with E-state index in [1.807, 2.05) is 30.3 Å². The number of fused-ring (bicyclic) bond motifs is 1. The fraction of sp³-hybridized carbons (Fsp3) is 0.250. The zero-order valence-corrected chi connectivity index (χ0v) is 14.8. The number of benzene rings is 2. The predicted octanol–water partition coefficient (Wildman–Crippen LogP) is 2.74. The molecule has 0 spiro atoms. The summed E-state index contributed by atoms with van der Waals surface area (Å²) in [7, 11) is 0. The Labute approximate surface area is 160 Å². The largest absolute Gasteiger partial charge is 0.460 e. The second-order valence-electron chi connectivity index (χ2n) is 6.39. The summed E-state index contributed by atoms with van der Waals surface area (Å²) in [5.74, 6) is -0.952. The van der Waals surface area contributed by atoms with Gasteiger partial charge in [-0.2, -0.15) is 5.10 Å². The molecule has 2 aliphatic heterocycles. The molecule has 0 bridgehead atoms. The number of carbonyl (C=O) groups excluding carboxylic acids is 2. The van der Waals surface area contributed by atoms with Gasteiger partial charge < -0.3 is 14.2 Å². The maximum Gasteiger partial charge on any atom is 0.354 e. The van der Waals surface area contributed by atoms with Gasteiger partial charge in [0, 0.05) is 29.5 Å². The first-order valence-corrected chi connectivity index (χ1v) is 8.77. The van der Waals surface area contributed by atoms with Gasteiger partial charge in [0.1, 0.15) is 23.9 Å². The lowest BCUT2D eigenvalue weighted by Gasteiger charge is -2.28. The number of hydrogen-bond donors (Lipinski definition) is 1. The number of ether oxygens (including phenoxy) is 3.